The van der Waals surface area contributed by atoms with Gasteiger partial charge in [0.15, 0.2) is 0 Å². The van der Waals surface area contributed by atoms with Gasteiger partial charge in [0.2, 0.25) is 0 Å². The SMILES string of the molecule is CC(C)OC(=O)c1ccc(Br)c2ccccc12. The lowest BCUT2D eigenvalue weighted by atomic mass is 10.0. The first kappa shape index (κ1) is 12.1. The van der Waals surface area contributed by atoms with Gasteiger partial charge in [-0.2, -0.15) is 0 Å². The highest BCUT2D eigenvalue weighted by molar-refractivity contribution is 9.10. The summed E-state index contributed by atoms with van der Waals surface area (Å²) in [5.74, 6) is -0.274. The van der Waals surface area contributed by atoms with E-state index in [-0.39, 0.29) is 12.1 Å². The van der Waals surface area contributed by atoms with Crippen molar-refractivity contribution in [3.05, 3.63) is 46.4 Å². The fourth-order valence-corrected chi connectivity index (χ4v) is 2.20. The smallest absolute Gasteiger partial charge is 0.339 e. The second-order valence-corrected chi connectivity index (χ2v) is 4.95. The number of carbonyl (C=O) groups is 1. The molecule has 0 atom stereocenters. The Kier molecular flexibility index (Phi) is 3.48. The van der Waals surface area contributed by atoms with Gasteiger partial charge in [-0.1, -0.05) is 40.2 Å². The normalized spacial score (nSPS) is 10.8. The standard InChI is InChI=1S/C14H13BrO2/c1-9(2)17-14(16)12-7-8-13(15)11-6-4-3-5-10(11)12/h3-9H,1-2H3. The molecule has 0 heterocycles. The molecule has 0 saturated carbocycles. The molecule has 17 heavy (non-hydrogen) atoms. The van der Waals surface area contributed by atoms with Crippen LogP contribution in [0.5, 0.6) is 0 Å². The molecule has 2 aromatic rings. The average Bonchev–Trinajstić information content (AvgIpc) is 2.29. The van der Waals surface area contributed by atoms with Crippen LogP contribution in [-0.4, -0.2) is 12.1 Å². The van der Waals surface area contributed by atoms with Gasteiger partial charge in [0.25, 0.3) is 0 Å². The highest BCUT2D eigenvalue weighted by Gasteiger charge is 2.13. The van der Waals surface area contributed by atoms with E-state index in [9.17, 15) is 4.79 Å². The Hall–Kier alpha value is -1.35. The second-order valence-electron chi connectivity index (χ2n) is 4.09. The minimum Gasteiger partial charge on any atom is -0.459 e. The molecule has 0 unspecified atom stereocenters. The first-order valence-corrected chi connectivity index (χ1v) is 6.27. The van der Waals surface area contributed by atoms with E-state index in [1.165, 1.54) is 0 Å². The van der Waals surface area contributed by atoms with Crippen molar-refractivity contribution >= 4 is 32.7 Å². The molecule has 2 nitrogen and oxygen atoms in total. The Bertz CT molecular complexity index is 561. The lowest BCUT2D eigenvalue weighted by molar-refractivity contribution is 0.0380. The molecule has 0 spiro atoms. The van der Waals surface area contributed by atoms with Gasteiger partial charge in [0.1, 0.15) is 0 Å². The van der Waals surface area contributed by atoms with Crippen molar-refractivity contribution < 1.29 is 9.53 Å². The molecule has 0 amide bonds. The van der Waals surface area contributed by atoms with E-state index in [1.807, 2.05) is 44.2 Å². The van der Waals surface area contributed by atoms with Gasteiger partial charge in [0, 0.05) is 4.47 Å². The maximum absolute atomic E-state index is 11.9. The van der Waals surface area contributed by atoms with Gasteiger partial charge in [0.05, 0.1) is 11.7 Å². The van der Waals surface area contributed by atoms with Crippen molar-refractivity contribution in [2.24, 2.45) is 0 Å². The molecular weight excluding hydrogens is 280 g/mol. The summed E-state index contributed by atoms with van der Waals surface area (Å²) in [4.78, 5) is 11.9. The van der Waals surface area contributed by atoms with Crippen LogP contribution >= 0.6 is 15.9 Å². The van der Waals surface area contributed by atoms with Gasteiger partial charge in [-0.25, -0.2) is 4.79 Å². The van der Waals surface area contributed by atoms with E-state index in [1.54, 1.807) is 6.07 Å². The van der Waals surface area contributed by atoms with Crippen molar-refractivity contribution in [2.75, 3.05) is 0 Å². The average molecular weight is 293 g/mol. The predicted octanol–water partition coefficient (Wildman–Crippen LogP) is 4.17. The molecule has 2 aromatic carbocycles. The topological polar surface area (TPSA) is 26.3 Å². The molecule has 0 radical (unpaired) electrons. The second kappa shape index (κ2) is 4.88. The van der Waals surface area contributed by atoms with Crippen molar-refractivity contribution in [3.63, 3.8) is 0 Å². The number of fused-ring (bicyclic) bond motifs is 1. The van der Waals surface area contributed by atoms with Crippen LogP contribution in [0.1, 0.15) is 24.2 Å². The van der Waals surface area contributed by atoms with Crippen molar-refractivity contribution in [1.82, 2.24) is 0 Å². The first-order valence-electron chi connectivity index (χ1n) is 5.48. The number of hydrogen-bond acceptors (Lipinski definition) is 2. The Balaban J connectivity index is 2.55. The summed E-state index contributed by atoms with van der Waals surface area (Å²) in [7, 11) is 0. The maximum atomic E-state index is 11.9. The molecule has 0 N–H and O–H groups in total. The zero-order valence-electron chi connectivity index (χ0n) is 9.74. The fourth-order valence-electron chi connectivity index (χ4n) is 1.72. The van der Waals surface area contributed by atoms with Crippen LogP contribution in [0.15, 0.2) is 40.9 Å². The zero-order valence-corrected chi connectivity index (χ0v) is 11.3. The number of carbonyl (C=O) groups excluding carboxylic acids is 1. The number of benzene rings is 2. The van der Waals surface area contributed by atoms with E-state index in [0.29, 0.717) is 5.56 Å². The number of ether oxygens (including phenoxy) is 1. The molecule has 0 aliphatic heterocycles. The van der Waals surface area contributed by atoms with Crippen LogP contribution in [0, 0.1) is 0 Å². The van der Waals surface area contributed by atoms with Crippen molar-refractivity contribution in [1.29, 1.82) is 0 Å². The first-order chi connectivity index (χ1) is 8.09. The number of esters is 1. The summed E-state index contributed by atoms with van der Waals surface area (Å²) in [6.07, 6.45) is -0.107. The zero-order chi connectivity index (χ0) is 12.4. The highest BCUT2D eigenvalue weighted by atomic mass is 79.9. The third-order valence-corrected chi connectivity index (χ3v) is 3.13. The maximum Gasteiger partial charge on any atom is 0.339 e. The van der Waals surface area contributed by atoms with Crippen LogP contribution in [0.3, 0.4) is 0 Å². The van der Waals surface area contributed by atoms with Crippen LogP contribution in [0.25, 0.3) is 10.8 Å². The summed E-state index contributed by atoms with van der Waals surface area (Å²) in [5, 5.41) is 1.93. The Morgan fingerprint density at radius 1 is 1.12 bits per heavy atom. The third-order valence-electron chi connectivity index (χ3n) is 2.43. The van der Waals surface area contributed by atoms with Crippen molar-refractivity contribution in [2.45, 2.75) is 20.0 Å². The summed E-state index contributed by atoms with van der Waals surface area (Å²) < 4.78 is 6.21. The summed E-state index contributed by atoms with van der Waals surface area (Å²) in [5.41, 5.74) is 0.609. The lowest BCUT2D eigenvalue weighted by Crippen LogP contribution is -2.11. The summed E-state index contributed by atoms with van der Waals surface area (Å²) in [6.45, 7) is 3.69. The third kappa shape index (κ3) is 2.50. The molecule has 0 aliphatic rings. The van der Waals surface area contributed by atoms with Gasteiger partial charge < -0.3 is 4.74 Å². The van der Waals surface area contributed by atoms with Gasteiger partial charge in [-0.3, -0.25) is 0 Å². The van der Waals surface area contributed by atoms with Crippen LogP contribution < -0.4 is 0 Å². The van der Waals surface area contributed by atoms with Gasteiger partial charge in [-0.05, 0) is 36.8 Å². The van der Waals surface area contributed by atoms with Crippen LogP contribution in [-0.2, 0) is 4.74 Å². The van der Waals surface area contributed by atoms with E-state index in [0.717, 1.165) is 15.2 Å². The monoisotopic (exact) mass is 292 g/mol. The predicted molar refractivity (Wildman–Crippen MR) is 72.2 cm³/mol. The van der Waals surface area contributed by atoms with E-state index >= 15 is 0 Å². The molecular formula is C14H13BrO2. The Morgan fingerprint density at radius 2 is 1.76 bits per heavy atom. The molecule has 88 valence electrons. The molecule has 0 bridgehead atoms. The molecule has 3 heteroatoms. The Morgan fingerprint density at radius 3 is 2.41 bits per heavy atom. The number of rotatable bonds is 2. The fraction of sp³-hybridized carbons (Fsp3) is 0.214. The minimum atomic E-state index is -0.274. The number of hydrogen-bond donors (Lipinski definition) is 0. The van der Waals surface area contributed by atoms with Crippen LogP contribution in [0.4, 0.5) is 0 Å². The van der Waals surface area contributed by atoms with Crippen molar-refractivity contribution in [3.8, 4) is 0 Å². The van der Waals surface area contributed by atoms with Gasteiger partial charge >= 0.3 is 5.97 Å². The number of halogens is 1. The summed E-state index contributed by atoms with van der Waals surface area (Å²) >= 11 is 3.48. The van der Waals surface area contributed by atoms with E-state index in [2.05, 4.69) is 15.9 Å². The van der Waals surface area contributed by atoms with Gasteiger partial charge in [-0.15, -0.1) is 0 Å². The quantitative estimate of drug-likeness (QED) is 0.777. The lowest BCUT2D eigenvalue weighted by Gasteiger charge is -2.10. The Labute approximate surface area is 109 Å². The van der Waals surface area contributed by atoms with E-state index in [4.69, 9.17) is 4.74 Å². The summed E-state index contributed by atoms with van der Waals surface area (Å²) in [6, 6.07) is 11.4. The minimum absolute atomic E-state index is 0.107. The largest absolute Gasteiger partial charge is 0.459 e. The molecule has 0 aromatic heterocycles. The molecule has 2 rings (SSSR count). The van der Waals surface area contributed by atoms with E-state index < -0.39 is 0 Å². The highest BCUT2D eigenvalue weighted by Crippen LogP contribution is 2.27. The molecule has 0 aliphatic carbocycles. The molecule has 0 saturated heterocycles. The van der Waals surface area contributed by atoms with Crippen LogP contribution in [0.2, 0.25) is 0 Å². The molecule has 0 fully saturated rings.